The Morgan fingerprint density at radius 1 is 1.43 bits per heavy atom. The van der Waals surface area contributed by atoms with Gasteiger partial charge in [-0.3, -0.25) is 0 Å². The van der Waals surface area contributed by atoms with Crippen molar-refractivity contribution in [3.05, 3.63) is 27.5 Å². The summed E-state index contributed by atoms with van der Waals surface area (Å²) in [5.41, 5.74) is 1.94. The van der Waals surface area contributed by atoms with Gasteiger partial charge in [0, 0.05) is 10.4 Å². The lowest BCUT2D eigenvalue weighted by molar-refractivity contribution is 0.799. The molecule has 2 nitrogen and oxygen atoms in total. The number of nitrogens with zero attached hydrogens (tertiary/aromatic N) is 1. The van der Waals surface area contributed by atoms with Gasteiger partial charge in [0.2, 0.25) is 0 Å². The molecular formula is C10H10BrClN2. The number of rotatable bonds is 1. The Kier molecular flexibility index (Phi) is 2.54. The average Bonchev–Trinajstić information content (AvgIpc) is 2.48. The van der Waals surface area contributed by atoms with E-state index in [9.17, 15) is 0 Å². The summed E-state index contributed by atoms with van der Waals surface area (Å²) in [6, 6.07) is 3.82. The van der Waals surface area contributed by atoms with Gasteiger partial charge in [-0.05, 0) is 28.1 Å². The molecule has 0 saturated heterocycles. The first-order valence-electron chi connectivity index (χ1n) is 4.42. The van der Waals surface area contributed by atoms with Crippen LogP contribution < -0.4 is 0 Å². The fourth-order valence-corrected chi connectivity index (χ4v) is 1.79. The highest BCUT2D eigenvalue weighted by Crippen LogP contribution is 2.27. The third kappa shape index (κ3) is 1.66. The molecule has 0 bridgehead atoms. The first-order chi connectivity index (χ1) is 6.58. The lowest BCUT2D eigenvalue weighted by Crippen LogP contribution is -1.88. The molecule has 1 aromatic carbocycles. The number of halogens is 2. The number of benzene rings is 1. The summed E-state index contributed by atoms with van der Waals surface area (Å²) in [7, 11) is 0. The van der Waals surface area contributed by atoms with Gasteiger partial charge in [-0.25, -0.2) is 4.98 Å². The highest BCUT2D eigenvalue weighted by molar-refractivity contribution is 9.10. The Balaban J connectivity index is 2.66. The zero-order chi connectivity index (χ0) is 10.3. The molecule has 2 aromatic rings. The Labute approximate surface area is 95.8 Å². The van der Waals surface area contributed by atoms with Crippen molar-refractivity contribution in [2.75, 3.05) is 0 Å². The number of nitrogens with one attached hydrogen (secondary N) is 1. The molecule has 0 unspecified atom stereocenters. The molecule has 0 saturated carbocycles. The van der Waals surface area contributed by atoms with Gasteiger partial charge in [-0.1, -0.05) is 25.4 Å². The van der Waals surface area contributed by atoms with Gasteiger partial charge in [0.25, 0.3) is 0 Å². The van der Waals surface area contributed by atoms with Crippen LogP contribution in [0.4, 0.5) is 0 Å². The highest BCUT2D eigenvalue weighted by Gasteiger charge is 2.08. The number of aromatic nitrogens is 2. The largest absolute Gasteiger partial charge is 0.342 e. The van der Waals surface area contributed by atoms with E-state index < -0.39 is 0 Å². The van der Waals surface area contributed by atoms with Crippen LogP contribution in [0.5, 0.6) is 0 Å². The van der Waals surface area contributed by atoms with Crippen molar-refractivity contribution in [1.29, 1.82) is 0 Å². The van der Waals surface area contributed by atoms with Gasteiger partial charge in [0.15, 0.2) is 0 Å². The maximum Gasteiger partial charge on any atom is 0.109 e. The summed E-state index contributed by atoms with van der Waals surface area (Å²) in [5.74, 6) is 1.40. The molecule has 0 radical (unpaired) electrons. The maximum absolute atomic E-state index is 5.98. The molecule has 74 valence electrons. The summed E-state index contributed by atoms with van der Waals surface area (Å²) in [5, 5.41) is 0.705. The first-order valence-corrected chi connectivity index (χ1v) is 5.59. The van der Waals surface area contributed by atoms with Crippen molar-refractivity contribution >= 4 is 38.6 Å². The fourth-order valence-electron chi connectivity index (χ4n) is 1.30. The number of hydrogen-bond donors (Lipinski definition) is 1. The summed E-state index contributed by atoms with van der Waals surface area (Å²) in [4.78, 5) is 7.72. The Bertz CT molecular complexity index is 437. The topological polar surface area (TPSA) is 28.7 Å². The Hall–Kier alpha value is -0.540. The molecule has 1 N–H and O–H groups in total. The minimum atomic E-state index is 0.403. The predicted octanol–water partition coefficient (Wildman–Crippen LogP) is 4.10. The summed E-state index contributed by atoms with van der Waals surface area (Å²) in [6.45, 7) is 4.21. The normalized spacial score (nSPS) is 11.5. The minimum Gasteiger partial charge on any atom is -0.342 e. The van der Waals surface area contributed by atoms with Crippen molar-refractivity contribution in [3.63, 3.8) is 0 Å². The zero-order valence-corrected chi connectivity index (χ0v) is 10.3. The standard InChI is InChI=1S/C10H10BrClN2/c1-5(2)10-13-8-3-6(11)7(12)4-9(8)14-10/h3-5H,1-2H3,(H,13,14). The molecule has 0 aliphatic carbocycles. The van der Waals surface area contributed by atoms with Crippen LogP contribution in [-0.2, 0) is 0 Å². The van der Waals surface area contributed by atoms with Crippen LogP contribution in [0.3, 0.4) is 0 Å². The minimum absolute atomic E-state index is 0.403. The molecule has 1 aromatic heterocycles. The lowest BCUT2D eigenvalue weighted by Gasteiger charge is -1.95. The second-order valence-electron chi connectivity index (χ2n) is 3.56. The van der Waals surface area contributed by atoms with Gasteiger partial charge in [-0.2, -0.15) is 0 Å². The van der Waals surface area contributed by atoms with E-state index in [4.69, 9.17) is 11.6 Å². The predicted molar refractivity (Wildman–Crippen MR) is 62.9 cm³/mol. The summed E-state index contributed by atoms with van der Waals surface area (Å²) < 4.78 is 0.883. The number of imidazole rings is 1. The molecule has 0 aliphatic heterocycles. The van der Waals surface area contributed by atoms with E-state index in [1.807, 2.05) is 12.1 Å². The monoisotopic (exact) mass is 272 g/mol. The molecule has 0 spiro atoms. The maximum atomic E-state index is 5.98. The third-order valence-electron chi connectivity index (χ3n) is 2.09. The van der Waals surface area contributed by atoms with Crippen LogP contribution in [0.1, 0.15) is 25.6 Å². The number of hydrogen-bond acceptors (Lipinski definition) is 1. The van der Waals surface area contributed by atoms with Crippen LogP contribution in [0.2, 0.25) is 5.02 Å². The van der Waals surface area contributed by atoms with Crippen molar-refractivity contribution in [2.45, 2.75) is 19.8 Å². The highest BCUT2D eigenvalue weighted by atomic mass is 79.9. The fraction of sp³-hybridized carbons (Fsp3) is 0.300. The van der Waals surface area contributed by atoms with E-state index in [1.165, 1.54) is 0 Å². The Morgan fingerprint density at radius 3 is 2.79 bits per heavy atom. The Morgan fingerprint density at radius 2 is 2.14 bits per heavy atom. The quantitative estimate of drug-likeness (QED) is 0.832. The van der Waals surface area contributed by atoms with E-state index in [1.54, 1.807) is 0 Å². The molecule has 0 fully saturated rings. The van der Waals surface area contributed by atoms with Crippen molar-refractivity contribution in [2.24, 2.45) is 0 Å². The molecule has 2 rings (SSSR count). The van der Waals surface area contributed by atoms with Gasteiger partial charge in [0.05, 0.1) is 16.1 Å². The molecule has 0 aliphatic rings. The van der Waals surface area contributed by atoms with E-state index >= 15 is 0 Å². The molecule has 0 amide bonds. The number of fused-ring (bicyclic) bond motifs is 1. The number of H-pyrrole nitrogens is 1. The molecular weight excluding hydrogens is 263 g/mol. The van der Waals surface area contributed by atoms with Crippen LogP contribution in [0.15, 0.2) is 16.6 Å². The third-order valence-corrected chi connectivity index (χ3v) is 3.29. The first kappa shape index (κ1) is 9.99. The van der Waals surface area contributed by atoms with Gasteiger partial charge >= 0.3 is 0 Å². The second kappa shape index (κ2) is 3.55. The molecule has 0 atom stereocenters. The van der Waals surface area contributed by atoms with E-state index in [0.717, 1.165) is 21.3 Å². The van der Waals surface area contributed by atoms with Crippen LogP contribution in [0, 0.1) is 0 Å². The van der Waals surface area contributed by atoms with E-state index in [2.05, 4.69) is 39.7 Å². The summed E-state index contributed by atoms with van der Waals surface area (Å²) >= 11 is 9.36. The van der Waals surface area contributed by atoms with Gasteiger partial charge in [0.1, 0.15) is 5.82 Å². The summed E-state index contributed by atoms with van der Waals surface area (Å²) in [6.07, 6.45) is 0. The molecule has 14 heavy (non-hydrogen) atoms. The van der Waals surface area contributed by atoms with Crippen LogP contribution in [-0.4, -0.2) is 9.97 Å². The lowest BCUT2D eigenvalue weighted by atomic mass is 10.2. The van der Waals surface area contributed by atoms with Crippen molar-refractivity contribution in [1.82, 2.24) is 9.97 Å². The van der Waals surface area contributed by atoms with Crippen LogP contribution in [0.25, 0.3) is 11.0 Å². The van der Waals surface area contributed by atoms with Crippen LogP contribution >= 0.6 is 27.5 Å². The average molecular weight is 274 g/mol. The van der Waals surface area contributed by atoms with E-state index in [0.29, 0.717) is 10.9 Å². The smallest absolute Gasteiger partial charge is 0.109 e. The molecule has 1 heterocycles. The number of aromatic amines is 1. The van der Waals surface area contributed by atoms with Gasteiger partial charge < -0.3 is 4.98 Å². The van der Waals surface area contributed by atoms with E-state index in [-0.39, 0.29) is 0 Å². The van der Waals surface area contributed by atoms with Gasteiger partial charge in [-0.15, -0.1) is 0 Å². The zero-order valence-electron chi connectivity index (χ0n) is 7.94. The molecule has 4 heteroatoms. The van der Waals surface area contributed by atoms with Crippen molar-refractivity contribution in [3.8, 4) is 0 Å². The van der Waals surface area contributed by atoms with Crippen molar-refractivity contribution < 1.29 is 0 Å². The SMILES string of the molecule is CC(C)c1nc2cc(Br)c(Cl)cc2[nH]1. The second-order valence-corrected chi connectivity index (χ2v) is 4.82.